The van der Waals surface area contributed by atoms with Crippen LogP contribution >= 0.6 is 11.6 Å². The van der Waals surface area contributed by atoms with Crippen molar-refractivity contribution in [2.45, 2.75) is 26.3 Å². The quantitative estimate of drug-likeness (QED) is 0.835. The third-order valence-corrected chi connectivity index (χ3v) is 3.81. The van der Waals surface area contributed by atoms with Crippen molar-refractivity contribution >= 4 is 11.6 Å². The number of halogens is 3. The summed E-state index contributed by atoms with van der Waals surface area (Å²) in [6, 6.07) is 9.35. The highest BCUT2D eigenvalue weighted by atomic mass is 35.5. The Balaban J connectivity index is 2.35. The molecule has 1 nitrogen and oxygen atoms in total. The van der Waals surface area contributed by atoms with Gasteiger partial charge in [0.1, 0.15) is 11.6 Å². The average Bonchev–Trinajstić information content (AvgIpc) is 2.42. The van der Waals surface area contributed by atoms with Crippen molar-refractivity contribution in [1.29, 1.82) is 0 Å². The van der Waals surface area contributed by atoms with E-state index < -0.39 is 0 Å². The van der Waals surface area contributed by atoms with Gasteiger partial charge in [-0.25, -0.2) is 8.78 Å². The molecule has 0 spiro atoms. The van der Waals surface area contributed by atoms with Gasteiger partial charge in [0, 0.05) is 22.2 Å². The Labute approximate surface area is 128 Å². The van der Waals surface area contributed by atoms with E-state index >= 15 is 0 Å². The standard InChI is InChI=1S/C17H18ClF2N/c1-3-21-17(12-8-7-11(2)9-16(12)20)10-13-14(18)5-4-6-15(13)19/h4-9,17,21H,3,10H2,1-2H3. The fourth-order valence-electron chi connectivity index (χ4n) is 2.38. The van der Waals surface area contributed by atoms with Crippen LogP contribution in [-0.2, 0) is 6.42 Å². The summed E-state index contributed by atoms with van der Waals surface area (Å²) in [6.45, 7) is 4.43. The molecule has 2 rings (SSSR count). The molecule has 0 saturated carbocycles. The molecule has 4 heteroatoms. The monoisotopic (exact) mass is 309 g/mol. The van der Waals surface area contributed by atoms with E-state index in [0.717, 1.165) is 5.56 Å². The fraction of sp³-hybridized carbons (Fsp3) is 0.294. The molecule has 0 aromatic heterocycles. The minimum atomic E-state index is -0.363. The van der Waals surface area contributed by atoms with Crippen molar-refractivity contribution < 1.29 is 8.78 Å². The second-order valence-electron chi connectivity index (χ2n) is 5.04. The lowest BCUT2D eigenvalue weighted by Crippen LogP contribution is -2.24. The van der Waals surface area contributed by atoms with Crippen LogP contribution in [0.3, 0.4) is 0 Å². The van der Waals surface area contributed by atoms with Crippen molar-refractivity contribution in [1.82, 2.24) is 5.32 Å². The molecule has 0 saturated heterocycles. The van der Waals surface area contributed by atoms with Gasteiger partial charge in [-0.15, -0.1) is 0 Å². The molecule has 0 aliphatic rings. The lowest BCUT2D eigenvalue weighted by Gasteiger charge is -2.20. The van der Waals surface area contributed by atoms with Gasteiger partial charge in [0.2, 0.25) is 0 Å². The van der Waals surface area contributed by atoms with Crippen LogP contribution in [0.2, 0.25) is 5.02 Å². The number of rotatable bonds is 5. The molecule has 2 aromatic rings. The summed E-state index contributed by atoms with van der Waals surface area (Å²) in [5.74, 6) is -0.647. The molecular formula is C17H18ClF2N. The fourth-order valence-corrected chi connectivity index (χ4v) is 2.62. The third kappa shape index (κ3) is 3.80. The maximum absolute atomic E-state index is 14.2. The SMILES string of the molecule is CCNC(Cc1c(F)cccc1Cl)c1ccc(C)cc1F. The zero-order valence-corrected chi connectivity index (χ0v) is 12.8. The summed E-state index contributed by atoms with van der Waals surface area (Å²) in [5.41, 5.74) is 1.79. The van der Waals surface area contributed by atoms with Crippen LogP contribution in [-0.4, -0.2) is 6.54 Å². The van der Waals surface area contributed by atoms with Gasteiger partial charge in [0.05, 0.1) is 0 Å². The van der Waals surface area contributed by atoms with Crippen molar-refractivity contribution in [3.05, 3.63) is 69.7 Å². The van der Waals surface area contributed by atoms with E-state index in [1.54, 1.807) is 18.2 Å². The van der Waals surface area contributed by atoms with Crippen LogP contribution in [0, 0.1) is 18.6 Å². The summed E-state index contributed by atoms with van der Waals surface area (Å²) in [7, 11) is 0. The molecule has 1 unspecified atom stereocenters. The summed E-state index contributed by atoms with van der Waals surface area (Å²) in [5, 5.41) is 3.56. The van der Waals surface area contributed by atoms with Gasteiger partial charge in [-0.1, -0.05) is 36.7 Å². The van der Waals surface area contributed by atoms with Crippen LogP contribution in [0.5, 0.6) is 0 Å². The van der Waals surface area contributed by atoms with Gasteiger partial charge in [0.15, 0.2) is 0 Å². The molecule has 0 amide bonds. The normalized spacial score (nSPS) is 12.4. The van der Waals surface area contributed by atoms with Gasteiger partial charge in [-0.2, -0.15) is 0 Å². The van der Waals surface area contributed by atoms with E-state index in [4.69, 9.17) is 11.6 Å². The van der Waals surface area contributed by atoms with Gasteiger partial charge in [0.25, 0.3) is 0 Å². The van der Waals surface area contributed by atoms with Crippen molar-refractivity contribution in [3.8, 4) is 0 Å². The van der Waals surface area contributed by atoms with Gasteiger partial charge >= 0.3 is 0 Å². The zero-order valence-electron chi connectivity index (χ0n) is 12.1. The topological polar surface area (TPSA) is 12.0 Å². The Hall–Kier alpha value is -1.45. The Morgan fingerprint density at radius 1 is 1.14 bits per heavy atom. The Bertz CT molecular complexity index is 608. The molecule has 0 fully saturated rings. The molecule has 1 N–H and O–H groups in total. The predicted molar refractivity (Wildman–Crippen MR) is 82.7 cm³/mol. The molecule has 1 atom stereocenters. The molecule has 0 bridgehead atoms. The Morgan fingerprint density at radius 2 is 1.90 bits per heavy atom. The highest BCUT2D eigenvalue weighted by Gasteiger charge is 2.19. The van der Waals surface area contributed by atoms with Crippen molar-refractivity contribution in [3.63, 3.8) is 0 Å². The van der Waals surface area contributed by atoms with Gasteiger partial charge in [-0.05, 0) is 43.7 Å². The summed E-state index contributed by atoms with van der Waals surface area (Å²) >= 11 is 6.06. The summed E-state index contributed by atoms with van der Waals surface area (Å²) in [4.78, 5) is 0. The number of hydrogen-bond acceptors (Lipinski definition) is 1. The zero-order chi connectivity index (χ0) is 15.4. The highest BCUT2D eigenvalue weighted by molar-refractivity contribution is 6.31. The third-order valence-electron chi connectivity index (χ3n) is 3.45. The Kier molecular flexibility index (Phi) is 5.32. The van der Waals surface area contributed by atoms with E-state index in [2.05, 4.69) is 5.32 Å². The lowest BCUT2D eigenvalue weighted by molar-refractivity contribution is 0.498. The summed E-state index contributed by atoms with van der Waals surface area (Å²) < 4.78 is 28.1. The van der Waals surface area contributed by atoms with E-state index in [1.807, 2.05) is 19.9 Å². The molecule has 2 aromatic carbocycles. The Morgan fingerprint density at radius 3 is 2.52 bits per heavy atom. The molecule has 0 aliphatic carbocycles. The van der Waals surface area contributed by atoms with Crippen LogP contribution < -0.4 is 5.32 Å². The molecule has 0 radical (unpaired) electrons. The second kappa shape index (κ2) is 7.01. The van der Waals surface area contributed by atoms with Crippen molar-refractivity contribution in [2.24, 2.45) is 0 Å². The van der Waals surface area contributed by atoms with E-state index in [0.29, 0.717) is 29.1 Å². The number of nitrogens with one attached hydrogen (secondary N) is 1. The number of aryl methyl sites for hydroxylation is 1. The minimum absolute atomic E-state index is 0.284. The molecular weight excluding hydrogens is 292 g/mol. The van der Waals surface area contributed by atoms with Crippen LogP contribution in [0.1, 0.15) is 29.7 Å². The first kappa shape index (κ1) is 15.9. The molecule has 112 valence electrons. The number of likely N-dealkylation sites (N-methyl/N-ethyl adjacent to an activating group) is 1. The first-order valence-corrected chi connectivity index (χ1v) is 7.33. The molecule has 0 aliphatic heterocycles. The van der Waals surface area contributed by atoms with E-state index in [9.17, 15) is 8.78 Å². The van der Waals surface area contributed by atoms with E-state index in [-0.39, 0.29) is 17.7 Å². The maximum Gasteiger partial charge on any atom is 0.128 e. The summed E-state index contributed by atoms with van der Waals surface area (Å²) in [6.07, 6.45) is 0.305. The average molecular weight is 310 g/mol. The smallest absolute Gasteiger partial charge is 0.128 e. The largest absolute Gasteiger partial charge is 0.310 e. The van der Waals surface area contributed by atoms with Crippen LogP contribution in [0.15, 0.2) is 36.4 Å². The first-order valence-electron chi connectivity index (χ1n) is 6.95. The van der Waals surface area contributed by atoms with Gasteiger partial charge in [-0.3, -0.25) is 0 Å². The maximum atomic E-state index is 14.2. The van der Waals surface area contributed by atoms with Gasteiger partial charge < -0.3 is 5.32 Å². The highest BCUT2D eigenvalue weighted by Crippen LogP contribution is 2.27. The molecule has 21 heavy (non-hydrogen) atoms. The number of hydrogen-bond donors (Lipinski definition) is 1. The van der Waals surface area contributed by atoms with Crippen LogP contribution in [0.25, 0.3) is 0 Å². The first-order chi connectivity index (χ1) is 10.0. The molecule has 0 heterocycles. The predicted octanol–water partition coefficient (Wildman–Crippen LogP) is 4.82. The van der Waals surface area contributed by atoms with Crippen LogP contribution in [0.4, 0.5) is 8.78 Å². The minimum Gasteiger partial charge on any atom is -0.310 e. The number of benzene rings is 2. The van der Waals surface area contributed by atoms with Crippen molar-refractivity contribution in [2.75, 3.05) is 6.54 Å². The second-order valence-corrected chi connectivity index (χ2v) is 5.45. The van der Waals surface area contributed by atoms with E-state index in [1.165, 1.54) is 12.1 Å². The lowest BCUT2D eigenvalue weighted by atomic mass is 9.97.